The number of methoxy groups -OCH3 is 1. The van der Waals surface area contributed by atoms with Gasteiger partial charge >= 0.3 is 0 Å². The molecule has 1 N–H and O–H groups in total. The molecule has 2 saturated heterocycles. The number of phenols is 1. The molecule has 2 aliphatic rings. The van der Waals surface area contributed by atoms with Gasteiger partial charge < -0.3 is 14.6 Å². The third-order valence-corrected chi connectivity index (χ3v) is 8.04. The zero-order valence-electron chi connectivity index (χ0n) is 18.3. The lowest BCUT2D eigenvalue weighted by Crippen LogP contribution is -2.57. The molecule has 31 heavy (non-hydrogen) atoms. The number of hydrogen-bond donors (Lipinski definition) is 1. The van der Waals surface area contributed by atoms with E-state index >= 15 is 0 Å². The number of nitrogens with zero attached hydrogens (tertiary/aromatic N) is 3. The van der Waals surface area contributed by atoms with Gasteiger partial charge in [0, 0.05) is 51.4 Å². The van der Waals surface area contributed by atoms with Crippen molar-refractivity contribution in [1.82, 2.24) is 13.5 Å². The van der Waals surface area contributed by atoms with Crippen molar-refractivity contribution in [3.8, 4) is 11.5 Å². The van der Waals surface area contributed by atoms with Crippen molar-refractivity contribution < 1.29 is 23.0 Å². The van der Waals surface area contributed by atoms with E-state index in [-0.39, 0.29) is 18.0 Å². The van der Waals surface area contributed by atoms with E-state index in [9.17, 15) is 13.5 Å². The summed E-state index contributed by atoms with van der Waals surface area (Å²) in [5.74, 6) is 0.983. The van der Waals surface area contributed by atoms with Gasteiger partial charge in [-0.3, -0.25) is 4.90 Å². The SMILES string of the molecule is COc1ccc2ccc(O)c(CN3CCN(S(=O)(=O)N4C[C@H](C)O[C@@H](C)C4)CC3)c2c1. The molecule has 0 aromatic heterocycles. The molecule has 2 heterocycles. The number of morpholine rings is 1. The minimum absolute atomic E-state index is 0.105. The minimum Gasteiger partial charge on any atom is -0.508 e. The third kappa shape index (κ3) is 4.65. The first kappa shape index (κ1) is 22.3. The molecule has 2 aromatic rings. The molecule has 0 bridgehead atoms. The number of hydrogen-bond acceptors (Lipinski definition) is 6. The van der Waals surface area contributed by atoms with Crippen LogP contribution in [-0.2, 0) is 21.5 Å². The van der Waals surface area contributed by atoms with Crippen LogP contribution < -0.4 is 4.74 Å². The van der Waals surface area contributed by atoms with Crippen molar-refractivity contribution in [3.05, 3.63) is 35.9 Å². The average Bonchev–Trinajstić information content (AvgIpc) is 2.75. The van der Waals surface area contributed by atoms with Gasteiger partial charge in [0.15, 0.2) is 0 Å². The van der Waals surface area contributed by atoms with Crippen LogP contribution in [0.15, 0.2) is 30.3 Å². The highest BCUT2D eigenvalue weighted by atomic mass is 32.2. The summed E-state index contributed by atoms with van der Waals surface area (Å²) < 4.78 is 40.4. The molecule has 2 aliphatic heterocycles. The molecule has 2 fully saturated rings. The molecule has 0 saturated carbocycles. The second-order valence-electron chi connectivity index (χ2n) is 8.41. The van der Waals surface area contributed by atoms with Crippen LogP contribution in [-0.4, -0.2) is 85.6 Å². The highest BCUT2D eigenvalue weighted by Crippen LogP contribution is 2.31. The molecular weight excluding hydrogens is 418 g/mol. The van der Waals surface area contributed by atoms with Gasteiger partial charge in [-0.1, -0.05) is 12.1 Å². The Labute approximate surface area is 184 Å². The fourth-order valence-electron chi connectivity index (χ4n) is 4.47. The Kier molecular flexibility index (Phi) is 6.41. The molecule has 9 heteroatoms. The lowest BCUT2D eigenvalue weighted by molar-refractivity contribution is -0.0457. The Morgan fingerprint density at radius 1 is 1.03 bits per heavy atom. The topological polar surface area (TPSA) is 82.6 Å². The molecule has 2 aromatic carbocycles. The Morgan fingerprint density at radius 3 is 2.32 bits per heavy atom. The zero-order chi connectivity index (χ0) is 22.2. The number of rotatable bonds is 5. The van der Waals surface area contributed by atoms with Crippen LogP contribution in [0, 0.1) is 0 Å². The summed E-state index contributed by atoms with van der Waals surface area (Å²) in [5, 5.41) is 12.5. The molecule has 4 rings (SSSR count). The first-order valence-electron chi connectivity index (χ1n) is 10.7. The lowest BCUT2D eigenvalue weighted by atomic mass is 10.0. The second-order valence-corrected chi connectivity index (χ2v) is 10.3. The Bertz CT molecular complexity index is 1030. The monoisotopic (exact) mass is 449 g/mol. The number of benzene rings is 2. The van der Waals surface area contributed by atoms with Crippen LogP contribution in [0.5, 0.6) is 11.5 Å². The van der Waals surface area contributed by atoms with E-state index in [4.69, 9.17) is 9.47 Å². The third-order valence-electron chi connectivity index (χ3n) is 6.07. The molecular formula is C22H31N3O5S. The molecule has 0 unspecified atom stereocenters. The van der Waals surface area contributed by atoms with Gasteiger partial charge in [0.2, 0.25) is 0 Å². The number of aromatic hydroxyl groups is 1. The standard InChI is InChI=1S/C22H31N3O5S/c1-16-13-25(14-17(2)30-16)31(27,28)24-10-8-23(9-11-24)15-21-20-12-19(29-3)6-4-18(20)5-7-22(21)26/h4-7,12,16-17,26H,8-11,13-15H2,1-3H3/t16-,17-/m0/s1. The van der Waals surface area contributed by atoms with Crippen molar-refractivity contribution >= 4 is 21.0 Å². The van der Waals surface area contributed by atoms with Crippen molar-refractivity contribution in [1.29, 1.82) is 0 Å². The highest BCUT2D eigenvalue weighted by molar-refractivity contribution is 7.86. The Hall–Kier alpha value is -1.91. The summed E-state index contributed by atoms with van der Waals surface area (Å²) in [6.07, 6.45) is -0.211. The van der Waals surface area contributed by atoms with E-state index in [1.165, 1.54) is 0 Å². The van der Waals surface area contributed by atoms with Crippen LogP contribution in [0.1, 0.15) is 19.4 Å². The van der Waals surface area contributed by atoms with Crippen LogP contribution in [0.2, 0.25) is 0 Å². The smallest absolute Gasteiger partial charge is 0.282 e. The molecule has 0 radical (unpaired) electrons. The zero-order valence-corrected chi connectivity index (χ0v) is 19.1. The normalized spacial score (nSPS) is 24.5. The largest absolute Gasteiger partial charge is 0.508 e. The molecule has 0 amide bonds. The molecule has 2 atom stereocenters. The summed E-state index contributed by atoms with van der Waals surface area (Å²) in [7, 11) is -1.88. The Morgan fingerprint density at radius 2 is 1.68 bits per heavy atom. The van der Waals surface area contributed by atoms with E-state index in [1.54, 1.807) is 21.8 Å². The maximum absolute atomic E-state index is 13.1. The van der Waals surface area contributed by atoms with Crippen LogP contribution in [0.3, 0.4) is 0 Å². The summed E-state index contributed by atoms with van der Waals surface area (Å²) in [5.41, 5.74) is 0.837. The Balaban J connectivity index is 1.46. The van der Waals surface area contributed by atoms with Crippen molar-refractivity contribution in [3.63, 3.8) is 0 Å². The first-order valence-corrected chi connectivity index (χ1v) is 12.1. The fourth-order valence-corrected chi connectivity index (χ4v) is 6.21. The van der Waals surface area contributed by atoms with Crippen LogP contribution >= 0.6 is 0 Å². The molecule has 8 nitrogen and oxygen atoms in total. The van der Waals surface area contributed by atoms with Crippen LogP contribution in [0.4, 0.5) is 0 Å². The molecule has 0 spiro atoms. The summed E-state index contributed by atoms with van der Waals surface area (Å²) in [6.45, 7) is 7.20. The first-order chi connectivity index (χ1) is 14.8. The predicted octanol–water partition coefficient (Wildman–Crippen LogP) is 2.03. The fraction of sp³-hybridized carbons (Fsp3) is 0.545. The van der Waals surface area contributed by atoms with Gasteiger partial charge in [-0.15, -0.1) is 0 Å². The average molecular weight is 450 g/mol. The van der Waals surface area contributed by atoms with E-state index in [2.05, 4.69) is 4.90 Å². The number of piperazine rings is 1. The van der Waals surface area contributed by atoms with Gasteiger partial charge in [0.25, 0.3) is 10.2 Å². The van der Waals surface area contributed by atoms with Gasteiger partial charge in [0.05, 0.1) is 19.3 Å². The van der Waals surface area contributed by atoms with E-state index in [0.717, 1.165) is 22.1 Å². The van der Waals surface area contributed by atoms with Crippen LogP contribution in [0.25, 0.3) is 10.8 Å². The van der Waals surface area contributed by atoms with Gasteiger partial charge in [0.1, 0.15) is 11.5 Å². The number of ether oxygens (including phenoxy) is 2. The maximum atomic E-state index is 13.1. The predicted molar refractivity (Wildman–Crippen MR) is 120 cm³/mol. The second kappa shape index (κ2) is 8.91. The van der Waals surface area contributed by atoms with E-state index in [1.807, 2.05) is 38.1 Å². The number of fused-ring (bicyclic) bond motifs is 1. The van der Waals surface area contributed by atoms with Gasteiger partial charge in [-0.25, -0.2) is 0 Å². The van der Waals surface area contributed by atoms with Crippen molar-refractivity contribution in [2.45, 2.75) is 32.6 Å². The summed E-state index contributed by atoms with van der Waals surface area (Å²) in [6, 6.07) is 9.42. The maximum Gasteiger partial charge on any atom is 0.282 e. The van der Waals surface area contributed by atoms with Gasteiger partial charge in [-0.05, 0) is 42.8 Å². The van der Waals surface area contributed by atoms with Gasteiger partial charge in [-0.2, -0.15) is 17.0 Å². The lowest BCUT2D eigenvalue weighted by Gasteiger charge is -2.40. The minimum atomic E-state index is -3.50. The summed E-state index contributed by atoms with van der Waals surface area (Å²) in [4.78, 5) is 2.19. The quantitative estimate of drug-likeness (QED) is 0.752. The van der Waals surface area contributed by atoms with Crippen molar-refractivity contribution in [2.75, 3.05) is 46.4 Å². The highest BCUT2D eigenvalue weighted by Gasteiger charge is 2.36. The van der Waals surface area contributed by atoms with E-state index < -0.39 is 10.2 Å². The molecule has 170 valence electrons. The molecule has 0 aliphatic carbocycles. The number of phenolic OH excluding ortho intramolecular Hbond substituents is 1. The van der Waals surface area contributed by atoms with Crippen molar-refractivity contribution in [2.24, 2.45) is 0 Å². The summed E-state index contributed by atoms with van der Waals surface area (Å²) >= 11 is 0. The van der Waals surface area contributed by atoms with E-state index in [0.29, 0.717) is 45.8 Å².